The number of hydrogen-bond donors (Lipinski definition) is 1. The lowest BCUT2D eigenvalue weighted by atomic mass is 10.0. The molecule has 0 aliphatic carbocycles. The zero-order valence-corrected chi connectivity index (χ0v) is 15.8. The van der Waals surface area contributed by atoms with Crippen molar-refractivity contribution >= 4 is 27.0 Å². The van der Waals surface area contributed by atoms with Crippen LogP contribution in [0.3, 0.4) is 0 Å². The summed E-state index contributed by atoms with van der Waals surface area (Å²) in [5.74, 6) is -1.71. The Kier molecular flexibility index (Phi) is 4.97. The molecule has 27 heavy (non-hydrogen) atoms. The van der Waals surface area contributed by atoms with Gasteiger partial charge in [-0.05, 0) is 36.6 Å². The molecule has 0 atom stereocenters. The fourth-order valence-electron chi connectivity index (χ4n) is 2.62. The fraction of sp³-hybridized carbons (Fsp3) is 0.278. The van der Waals surface area contributed by atoms with Crippen molar-refractivity contribution in [2.75, 3.05) is 0 Å². The average Bonchev–Trinajstić information content (AvgIpc) is 2.96. The van der Waals surface area contributed by atoms with Crippen molar-refractivity contribution in [3.05, 3.63) is 58.7 Å². The summed E-state index contributed by atoms with van der Waals surface area (Å²) in [6, 6.07) is 6.57. The monoisotopic (exact) mass is 391 g/mol. The van der Waals surface area contributed by atoms with E-state index in [-0.39, 0.29) is 17.2 Å². The van der Waals surface area contributed by atoms with Crippen molar-refractivity contribution in [3.63, 3.8) is 0 Å². The van der Waals surface area contributed by atoms with E-state index in [1.165, 1.54) is 12.1 Å². The van der Waals surface area contributed by atoms with Crippen LogP contribution in [0.2, 0.25) is 0 Å². The van der Waals surface area contributed by atoms with Crippen LogP contribution in [-0.4, -0.2) is 24.5 Å². The predicted molar refractivity (Wildman–Crippen MR) is 97.1 cm³/mol. The van der Waals surface area contributed by atoms with Gasteiger partial charge in [-0.15, -0.1) is 0 Å². The molecule has 0 fully saturated rings. The summed E-state index contributed by atoms with van der Waals surface area (Å²) in [7, 11) is -3.99. The summed E-state index contributed by atoms with van der Waals surface area (Å²) < 4.78 is 44.9. The zero-order chi connectivity index (χ0) is 19.8. The van der Waals surface area contributed by atoms with Gasteiger partial charge in [0.05, 0.1) is 22.4 Å². The molecule has 0 radical (unpaired) electrons. The zero-order valence-electron chi connectivity index (χ0n) is 15.0. The molecule has 1 aromatic carbocycles. The molecular weight excluding hydrogens is 373 g/mol. The maximum Gasteiger partial charge on any atom is 0.265 e. The molecule has 1 N–H and O–H groups in total. The molecule has 0 spiro atoms. The molecule has 3 aromatic rings. The van der Waals surface area contributed by atoms with E-state index >= 15 is 0 Å². The first-order valence-corrected chi connectivity index (χ1v) is 9.87. The molecule has 0 bridgehead atoms. The third-order valence-electron chi connectivity index (χ3n) is 3.99. The van der Waals surface area contributed by atoms with E-state index < -0.39 is 27.5 Å². The molecule has 2 aromatic heterocycles. The van der Waals surface area contributed by atoms with Crippen molar-refractivity contribution < 1.29 is 22.1 Å². The third kappa shape index (κ3) is 4.13. The molecule has 0 aliphatic rings. The van der Waals surface area contributed by atoms with Crippen molar-refractivity contribution in [2.45, 2.75) is 32.4 Å². The number of nitrogens with zero attached hydrogens (tertiary/aromatic N) is 2. The second-order valence-electron chi connectivity index (χ2n) is 6.51. The Balaban J connectivity index is 1.93. The van der Waals surface area contributed by atoms with Crippen LogP contribution in [0.15, 0.2) is 34.9 Å². The average molecular weight is 391 g/mol. The highest BCUT2D eigenvalue weighted by molar-refractivity contribution is 7.89. The second kappa shape index (κ2) is 7.07. The molecule has 2 heterocycles. The maximum absolute atomic E-state index is 13.0. The van der Waals surface area contributed by atoms with Crippen LogP contribution in [0.25, 0.3) is 11.1 Å². The number of fused-ring (bicyclic) bond motifs is 1. The number of halogens is 1. The van der Waals surface area contributed by atoms with Crippen LogP contribution in [0.5, 0.6) is 0 Å². The second-order valence-corrected chi connectivity index (χ2v) is 8.24. The largest absolute Gasteiger partial charge is 0.336 e. The van der Waals surface area contributed by atoms with Crippen molar-refractivity contribution in [2.24, 2.45) is 0 Å². The quantitative estimate of drug-likeness (QED) is 0.717. The number of carbonyl (C=O) groups is 1. The van der Waals surface area contributed by atoms with Gasteiger partial charge in [-0.2, -0.15) is 0 Å². The van der Waals surface area contributed by atoms with E-state index in [9.17, 15) is 17.6 Å². The Bertz CT molecular complexity index is 1110. The summed E-state index contributed by atoms with van der Waals surface area (Å²) in [5, 5.41) is 4.18. The Morgan fingerprint density at radius 3 is 2.56 bits per heavy atom. The molecule has 3 rings (SSSR count). The van der Waals surface area contributed by atoms with Gasteiger partial charge < -0.3 is 4.52 Å². The minimum atomic E-state index is -3.99. The van der Waals surface area contributed by atoms with Gasteiger partial charge in [-0.3, -0.25) is 4.79 Å². The number of benzene rings is 1. The number of sulfonamides is 1. The third-order valence-corrected chi connectivity index (χ3v) is 5.20. The number of carbonyl (C=O) groups excluding carboxylic acids is 1. The van der Waals surface area contributed by atoms with E-state index in [2.05, 4.69) is 14.9 Å². The molecule has 9 heteroatoms. The normalized spacial score (nSPS) is 11.9. The Morgan fingerprint density at radius 1 is 1.26 bits per heavy atom. The standard InChI is InChI=1S/C18H18FN3O4S/c1-10(2)15-8-14(16-11(3)21-26-18(16)20-15)17(23)22-27(24,25)9-12-4-6-13(19)7-5-12/h4-8,10H,9H2,1-3H3,(H,22,23). The number of hydrogen-bond acceptors (Lipinski definition) is 6. The first-order valence-electron chi connectivity index (χ1n) is 8.22. The van der Waals surface area contributed by atoms with Crippen molar-refractivity contribution in [1.29, 1.82) is 0 Å². The molecule has 0 saturated carbocycles. The Labute approximate surface area is 155 Å². The minimum Gasteiger partial charge on any atom is -0.336 e. The van der Waals surface area contributed by atoms with Gasteiger partial charge in [-0.1, -0.05) is 31.1 Å². The lowest BCUT2D eigenvalue weighted by Crippen LogP contribution is -2.32. The highest BCUT2D eigenvalue weighted by atomic mass is 32.2. The van der Waals surface area contributed by atoms with Gasteiger partial charge in [0, 0.05) is 5.69 Å². The van der Waals surface area contributed by atoms with Gasteiger partial charge in [0.15, 0.2) is 0 Å². The number of amides is 1. The highest BCUT2D eigenvalue weighted by Gasteiger charge is 2.23. The SMILES string of the molecule is Cc1noc2nc(C(C)C)cc(C(=O)NS(=O)(=O)Cc3ccc(F)cc3)c12. The van der Waals surface area contributed by atoms with Gasteiger partial charge in [0.25, 0.3) is 11.6 Å². The van der Waals surface area contributed by atoms with Gasteiger partial charge in [-0.25, -0.2) is 22.5 Å². The van der Waals surface area contributed by atoms with E-state index in [1.807, 2.05) is 13.8 Å². The summed E-state index contributed by atoms with van der Waals surface area (Å²) in [4.78, 5) is 17.0. The van der Waals surface area contributed by atoms with Gasteiger partial charge >= 0.3 is 0 Å². The Hall–Kier alpha value is -2.81. The van der Waals surface area contributed by atoms with Crippen LogP contribution in [-0.2, 0) is 15.8 Å². The highest BCUT2D eigenvalue weighted by Crippen LogP contribution is 2.25. The lowest BCUT2D eigenvalue weighted by Gasteiger charge is -2.10. The van der Waals surface area contributed by atoms with E-state index in [4.69, 9.17) is 4.52 Å². The van der Waals surface area contributed by atoms with E-state index in [0.29, 0.717) is 22.3 Å². The number of nitrogens with one attached hydrogen (secondary N) is 1. The van der Waals surface area contributed by atoms with Crippen molar-refractivity contribution in [3.8, 4) is 0 Å². The van der Waals surface area contributed by atoms with E-state index in [1.54, 1.807) is 13.0 Å². The summed E-state index contributed by atoms with van der Waals surface area (Å²) in [5.41, 5.74) is 1.69. The summed E-state index contributed by atoms with van der Waals surface area (Å²) in [6.07, 6.45) is 0. The van der Waals surface area contributed by atoms with Gasteiger partial charge in [0.1, 0.15) is 5.82 Å². The lowest BCUT2D eigenvalue weighted by molar-refractivity contribution is 0.0982. The number of pyridine rings is 1. The van der Waals surface area contributed by atoms with Gasteiger partial charge in [0.2, 0.25) is 10.0 Å². The molecule has 7 nitrogen and oxygen atoms in total. The molecule has 0 aliphatic heterocycles. The maximum atomic E-state index is 13.0. The first kappa shape index (κ1) is 19.0. The number of aromatic nitrogens is 2. The smallest absolute Gasteiger partial charge is 0.265 e. The number of aryl methyl sites for hydroxylation is 1. The van der Waals surface area contributed by atoms with Crippen LogP contribution >= 0.6 is 0 Å². The first-order chi connectivity index (χ1) is 12.7. The van der Waals surface area contributed by atoms with Crippen molar-refractivity contribution in [1.82, 2.24) is 14.9 Å². The molecule has 142 valence electrons. The predicted octanol–water partition coefficient (Wildman–Crippen LogP) is 3.05. The number of rotatable bonds is 5. The minimum absolute atomic E-state index is 0.00202. The fourth-order valence-corrected chi connectivity index (χ4v) is 3.72. The molecular formula is C18H18FN3O4S. The van der Waals surface area contributed by atoms with E-state index in [0.717, 1.165) is 12.1 Å². The van der Waals surface area contributed by atoms with Crippen LogP contribution in [0.4, 0.5) is 4.39 Å². The summed E-state index contributed by atoms with van der Waals surface area (Å²) in [6.45, 7) is 5.43. The van der Waals surface area contributed by atoms with Crippen LogP contribution in [0.1, 0.15) is 47.1 Å². The van der Waals surface area contributed by atoms with Crippen LogP contribution in [0, 0.1) is 12.7 Å². The molecule has 0 unspecified atom stereocenters. The topological polar surface area (TPSA) is 102 Å². The summed E-state index contributed by atoms with van der Waals surface area (Å²) >= 11 is 0. The molecule has 0 saturated heterocycles. The molecule has 1 amide bonds. The Morgan fingerprint density at radius 2 is 1.93 bits per heavy atom. The van der Waals surface area contributed by atoms with Crippen LogP contribution < -0.4 is 4.72 Å².